The molecular formula is C15H29NO3. The first kappa shape index (κ1) is 16.4. The second-order valence-corrected chi connectivity index (χ2v) is 5.55. The molecule has 2 N–H and O–H groups in total. The van der Waals surface area contributed by atoms with Gasteiger partial charge < -0.3 is 15.2 Å². The molecule has 0 aromatic heterocycles. The van der Waals surface area contributed by atoms with E-state index in [-0.39, 0.29) is 0 Å². The molecule has 1 saturated carbocycles. The van der Waals surface area contributed by atoms with Gasteiger partial charge in [-0.25, -0.2) is 0 Å². The lowest BCUT2D eigenvalue weighted by Gasteiger charge is -2.29. The first-order chi connectivity index (χ1) is 9.14. The Hall–Kier alpha value is -0.610. The molecule has 1 aliphatic carbocycles. The molecule has 0 aliphatic heterocycles. The Kier molecular flexibility index (Phi) is 7.39. The summed E-state index contributed by atoms with van der Waals surface area (Å²) in [6.45, 7) is 5.43. The topological polar surface area (TPSA) is 58.6 Å². The number of carboxylic acids is 1. The highest BCUT2D eigenvalue weighted by Crippen LogP contribution is 2.22. The Morgan fingerprint density at radius 3 is 2.58 bits per heavy atom. The molecular weight excluding hydrogens is 242 g/mol. The van der Waals surface area contributed by atoms with Crippen LogP contribution in [0.3, 0.4) is 0 Å². The van der Waals surface area contributed by atoms with E-state index in [4.69, 9.17) is 4.74 Å². The van der Waals surface area contributed by atoms with E-state index in [1.807, 2.05) is 6.92 Å². The van der Waals surface area contributed by atoms with Crippen molar-refractivity contribution in [3.05, 3.63) is 0 Å². The molecule has 0 heterocycles. The number of carbonyl (C=O) groups is 1. The average Bonchev–Trinajstić information content (AvgIpc) is 2.91. The summed E-state index contributed by atoms with van der Waals surface area (Å²) in [4.78, 5) is 11.5. The SMILES string of the molecule is CCCNC(CC)(CCCOC1CCCC1)C(=O)O. The average molecular weight is 271 g/mol. The highest BCUT2D eigenvalue weighted by molar-refractivity contribution is 5.78. The molecule has 1 fully saturated rings. The lowest BCUT2D eigenvalue weighted by Crippen LogP contribution is -2.52. The van der Waals surface area contributed by atoms with Gasteiger partial charge >= 0.3 is 5.97 Å². The molecule has 19 heavy (non-hydrogen) atoms. The number of hydrogen-bond acceptors (Lipinski definition) is 3. The molecule has 0 bridgehead atoms. The van der Waals surface area contributed by atoms with Crippen LogP contribution < -0.4 is 5.32 Å². The summed E-state index contributed by atoms with van der Waals surface area (Å²) in [7, 11) is 0. The van der Waals surface area contributed by atoms with Crippen LogP contribution >= 0.6 is 0 Å². The van der Waals surface area contributed by atoms with Crippen molar-refractivity contribution in [3.63, 3.8) is 0 Å². The van der Waals surface area contributed by atoms with Gasteiger partial charge in [0.05, 0.1) is 6.10 Å². The third kappa shape index (κ3) is 5.11. The molecule has 0 saturated heterocycles. The van der Waals surface area contributed by atoms with Crippen LogP contribution in [0.25, 0.3) is 0 Å². The minimum atomic E-state index is -0.769. The van der Waals surface area contributed by atoms with Crippen LogP contribution in [0.15, 0.2) is 0 Å². The number of rotatable bonds is 10. The first-order valence-electron chi connectivity index (χ1n) is 7.74. The van der Waals surface area contributed by atoms with Crippen molar-refractivity contribution in [2.24, 2.45) is 0 Å². The highest BCUT2D eigenvalue weighted by atomic mass is 16.5. The van der Waals surface area contributed by atoms with Crippen LogP contribution in [0, 0.1) is 0 Å². The lowest BCUT2D eigenvalue weighted by molar-refractivity contribution is -0.145. The normalized spacial score (nSPS) is 19.5. The van der Waals surface area contributed by atoms with Gasteiger partial charge in [-0.3, -0.25) is 4.79 Å². The largest absolute Gasteiger partial charge is 0.480 e. The van der Waals surface area contributed by atoms with Crippen LogP contribution in [0.1, 0.15) is 65.2 Å². The monoisotopic (exact) mass is 271 g/mol. The van der Waals surface area contributed by atoms with Gasteiger partial charge in [0.2, 0.25) is 0 Å². The van der Waals surface area contributed by atoms with E-state index in [2.05, 4.69) is 12.2 Å². The third-order valence-corrected chi connectivity index (χ3v) is 4.13. The van der Waals surface area contributed by atoms with Gasteiger partial charge in [-0.2, -0.15) is 0 Å². The summed E-state index contributed by atoms with van der Waals surface area (Å²) >= 11 is 0. The summed E-state index contributed by atoms with van der Waals surface area (Å²) < 4.78 is 5.81. The third-order valence-electron chi connectivity index (χ3n) is 4.13. The van der Waals surface area contributed by atoms with Crippen molar-refractivity contribution in [3.8, 4) is 0 Å². The van der Waals surface area contributed by atoms with Crippen molar-refractivity contribution in [2.75, 3.05) is 13.2 Å². The molecule has 112 valence electrons. The maximum Gasteiger partial charge on any atom is 0.323 e. The van der Waals surface area contributed by atoms with Gasteiger partial charge in [0.15, 0.2) is 0 Å². The summed E-state index contributed by atoms with van der Waals surface area (Å²) in [6, 6.07) is 0. The highest BCUT2D eigenvalue weighted by Gasteiger charge is 2.35. The van der Waals surface area contributed by atoms with E-state index in [9.17, 15) is 9.90 Å². The zero-order valence-corrected chi connectivity index (χ0v) is 12.4. The van der Waals surface area contributed by atoms with Gasteiger partial charge in [0.1, 0.15) is 5.54 Å². The van der Waals surface area contributed by atoms with Gasteiger partial charge in [0.25, 0.3) is 0 Å². The van der Waals surface area contributed by atoms with Crippen molar-refractivity contribution < 1.29 is 14.6 Å². The van der Waals surface area contributed by atoms with Crippen LogP contribution in [0.2, 0.25) is 0 Å². The maximum absolute atomic E-state index is 11.5. The Labute approximate surface area is 116 Å². The van der Waals surface area contributed by atoms with Crippen molar-refractivity contribution in [2.45, 2.75) is 76.9 Å². The van der Waals surface area contributed by atoms with Crippen LogP contribution in [0.5, 0.6) is 0 Å². The summed E-state index contributed by atoms with van der Waals surface area (Å²) in [6.07, 6.45) is 8.34. The molecule has 0 amide bonds. The van der Waals surface area contributed by atoms with E-state index in [1.54, 1.807) is 0 Å². The van der Waals surface area contributed by atoms with E-state index in [1.165, 1.54) is 25.7 Å². The Morgan fingerprint density at radius 2 is 2.05 bits per heavy atom. The van der Waals surface area contributed by atoms with E-state index < -0.39 is 11.5 Å². The van der Waals surface area contributed by atoms with Crippen LogP contribution in [-0.2, 0) is 9.53 Å². The van der Waals surface area contributed by atoms with Crippen molar-refractivity contribution >= 4 is 5.97 Å². The van der Waals surface area contributed by atoms with E-state index in [0.29, 0.717) is 25.6 Å². The minimum Gasteiger partial charge on any atom is -0.480 e. The Balaban J connectivity index is 2.32. The second-order valence-electron chi connectivity index (χ2n) is 5.55. The van der Waals surface area contributed by atoms with Crippen LogP contribution in [0.4, 0.5) is 0 Å². The molecule has 4 nitrogen and oxygen atoms in total. The fourth-order valence-electron chi connectivity index (χ4n) is 2.77. The van der Waals surface area contributed by atoms with Crippen molar-refractivity contribution in [1.82, 2.24) is 5.32 Å². The van der Waals surface area contributed by atoms with Gasteiger partial charge in [-0.15, -0.1) is 0 Å². The quantitative estimate of drug-likeness (QED) is 0.600. The van der Waals surface area contributed by atoms with Gasteiger partial charge in [0, 0.05) is 6.61 Å². The number of carboxylic acid groups (broad SMARTS) is 1. The summed E-state index contributed by atoms with van der Waals surface area (Å²) in [5.41, 5.74) is -0.769. The maximum atomic E-state index is 11.5. The number of ether oxygens (including phenoxy) is 1. The van der Waals surface area contributed by atoms with E-state index in [0.717, 1.165) is 19.4 Å². The molecule has 1 atom stereocenters. The van der Waals surface area contributed by atoms with Gasteiger partial charge in [-0.05, 0) is 45.1 Å². The van der Waals surface area contributed by atoms with Crippen molar-refractivity contribution in [1.29, 1.82) is 0 Å². The van der Waals surface area contributed by atoms with Gasteiger partial charge in [-0.1, -0.05) is 26.7 Å². The van der Waals surface area contributed by atoms with Crippen LogP contribution in [-0.4, -0.2) is 35.9 Å². The smallest absolute Gasteiger partial charge is 0.323 e. The fraction of sp³-hybridized carbons (Fsp3) is 0.933. The molecule has 1 rings (SSSR count). The Morgan fingerprint density at radius 1 is 1.37 bits per heavy atom. The standard InChI is InChI=1S/C15H29NO3/c1-3-11-16-15(4-2,14(17)18)10-7-12-19-13-8-5-6-9-13/h13,16H,3-12H2,1-2H3,(H,17,18). The fourth-order valence-corrected chi connectivity index (χ4v) is 2.77. The molecule has 0 aromatic rings. The zero-order chi connectivity index (χ0) is 14.1. The zero-order valence-electron chi connectivity index (χ0n) is 12.4. The number of nitrogens with one attached hydrogen (secondary N) is 1. The molecule has 0 aromatic carbocycles. The lowest BCUT2D eigenvalue weighted by atomic mass is 9.90. The molecule has 4 heteroatoms. The minimum absolute atomic E-state index is 0.421. The van der Waals surface area contributed by atoms with E-state index >= 15 is 0 Å². The molecule has 1 aliphatic rings. The summed E-state index contributed by atoms with van der Waals surface area (Å²) in [5, 5.41) is 12.7. The predicted molar refractivity (Wildman–Crippen MR) is 76.4 cm³/mol. The predicted octanol–water partition coefficient (Wildman–Crippen LogP) is 2.96. The number of aliphatic carboxylic acids is 1. The molecule has 0 radical (unpaired) electrons. The molecule has 1 unspecified atom stereocenters. The molecule has 0 spiro atoms. The second kappa shape index (κ2) is 8.54. The summed E-state index contributed by atoms with van der Waals surface area (Å²) in [5.74, 6) is -0.732. The Bertz CT molecular complexity index is 264. The first-order valence-corrected chi connectivity index (χ1v) is 7.74. The number of hydrogen-bond donors (Lipinski definition) is 2.